The molecule has 0 spiro atoms. The molecule has 94 valence electrons. The summed E-state index contributed by atoms with van der Waals surface area (Å²) in [7, 11) is 0. The van der Waals surface area contributed by atoms with Crippen LogP contribution in [0.3, 0.4) is 0 Å². The number of rotatable bonds is 4. The number of thiazole rings is 1. The molecule has 5 nitrogen and oxygen atoms in total. The molecule has 0 aliphatic heterocycles. The molecule has 1 aromatic carbocycles. The summed E-state index contributed by atoms with van der Waals surface area (Å²) in [6.07, 6.45) is 2.48. The van der Waals surface area contributed by atoms with E-state index in [0.29, 0.717) is 16.5 Å². The van der Waals surface area contributed by atoms with Crippen molar-refractivity contribution in [2.24, 2.45) is 5.10 Å². The van der Waals surface area contributed by atoms with Gasteiger partial charge in [-0.1, -0.05) is 13.0 Å². The number of nitrogens with one attached hydrogen (secondary N) is 1. The number of phenolic OH excluding ortho intramolecular Hbond substituents is 1. The van der Waals surface area contributed by atoms with Crippen molar-refractivity contribution in [3.05, 3.63) is 34.7 Å². The summed E-state index contributed by atoms with van der Waals surface area (Å²) in [5.74, 6) is 0.671. The van der Waals surface area contributed by atoms with Crippen molar-refractivity contribution in [1.29, 1.82) is 0 Å². The number of anilines is 2. The normalized spacial score (nSPS) is 10.9. The van der Waals surface area contributed by atoms with Crippen molar-refractivity contribution in [3.8, 4) is 5.75 Å². The summed E-state index contributed by atoms with van der Waals surface area (Å²) in [6.45, 7) is 2.06. The molecule has 0 saturated carbocycles. The summed E-state index contributed by atoms with van der Waals surface area (Å²) < 4.78 is 0. The van der Waals surface area contributed by atoms with Gasteiger partial charge in [-0.25, -0.2) is 4.98 Å². The number of hydrogen-bond donors (Lipinski definition) is 3. The van der Waals surface area contributed by atoms with Gasteiger partial charge in [0.15, 0.2) is 0 Å². The Balaban J connectivity index is 2.08. The fraction of sp³-hybridized carbons (Fsp3) is 0.167. The van der Waals surface area contributed by atoms with Crippen LogP contribution in [-0.2, 0) is 6.42 Å². The monoisotopic (exact) mass is 262 g/mol. The van der Waals surface area contributed by atoms with Gasteiger partial charge in [-0.15, -0.1) is 11.3 Å². The van der Waals surface area contributed by atoms with Gasteiger partial charge in [0, 0.05) is 10.9 Å². The molecule has 1 heterocycles. The van der Waals surface area contributed by atoms with Gasteiger partial charge < -0.3 is 10.8 Å². The minimum absolute atomic E-state index is 0.205. The minimum Gasteiger partial charge on any atom is -0.507 e. The van der Waals surface area contributed by atoms with Crippen LogP contribution in [0.5, 0.6) is 5.75 Å². The van der Waals surface area contributed by atoms with Gasteiger partial charge in [0.05, 0.1) is 6.21 Å². The summed E-state index contributed by atoms with van der Waals surface area (Å²) in [5, 5.41) is 16.0. The van der Waals surface area contributed by atoms with Gasteiger partial charge in [-0.3, -0.25) is 5.43 Å². The van der Waals surface area contributed by atoms with E-state index >= 15 is 0 Å². The number of nitrogen functional groups attached to an aromatic ring is 1. The molecule has 6 heteroatoms. The van der Waals surface area contributed by atoms with Crippen LogP contribution < -0.4 is 11.2 Å². The smallest absolute Gasteiger partial charge is 0.205 e. The van der Waals surface area contributed by atoms with Gasteiger partial charge in [-0.2, -0.15) is 5.10 Å². The third-order valence-corrected chi connectivity index (χ3v) is 3.15. The standard InChI is InChI=1S/C12H14N4OS/c1-2-8-3-4-10(17)9(5-8)6-14-16-12-15-11(13)7-18-12/h3-7,17H,2,13H2,1H3,(H,15,16). The number of nitrogens with zero attached hydrogens (tertiary/aromatic N) is 2. The van der Waals surface area contributed by atoms with Crippen LogP contribution in [0.25, 0.3) is 0 Å². The highest BCUT2D eigenvalue weighted by atomic mass is 32.1. The fourth-order valence-electron chi connectivity index (χ4n) is 1.42. The number of aromatic hydroxyl groups is 1. The highest BCUT2D eigenvalue weighted by Crippen LogP contribution is 2.18. The first-order valence-corrected chi connectivity index (χ1v) is 6.39. The van der Waals surface area contributed by atoms with E-state index in [-0.39, 0.29) is 5.75 Å². The first-order valence-electron chi connectivity index (χ1n) is 5.51. The predicted octanol–water partition coefficient (Wildman–Crippen LogP) is 2.44. The first kappa shape index (κ1) is 12.4. The van der Waals surface area contributed by atoms with E-state index in [9.17, 15) is 5.11 Å². The zero-order valence-corrected chi connectivity index (χ0v) is 10.7. The van der Waals surface area contributed by atoms with E-state index in [2.05, 4.69) is 22.4 Å². The Labute approximate surface area is 109 Å². The number of aryl methyl sites for hydroxylation is 1. The summed E-state index contributed by atoms with van der Waals surface area (Å²) in [6, 6.07) is 5.46. The van der Waals surface area contributed by atoms with Gasteiger partial charge in [0.25, 0.3) is 0 Å². The number of nitrogens with two attached hydrogens (primary N) is 1. The Hall–Kier alpha value is -2.08. The average Bonchev–Trinajstić information content (AvgIpc) is 2.77. The molecule has 0 aliphatic rings. The average molecular weight is 262 g/mol. The highest BCUT2D eigenvalue weighted by molar-refractivity contribution is 7.14. The lowest BCUT2D eigenvalue weighted by atomic mass is 10.1. The van der Waals surface area contributed by atoms with E-state index < -0.39 is 0 Å². The summed E-state index contributed by atoms with van der Waals surface area (Å²) in [4.78, 5) is 4.01. The van der Waals surface area contributed by atoms with Gasteiger partial charge in [-0.05, 0) is 24.1 Å². The topological polar surface area (TPSA) is 83.5 Å². The molecule has 0 aliphatic carbocycles. The second kappa shape index (κ2) is 5.50. The van der Waals surface area contributed by atoms with Crippen molar-refractivity contribution >= 4 is 28.5 Å². The molecule has 0 radical (unpaired) electrons. The predicted molar refractivity (Wildman–Crippen MR) is 75.2 cm³/mol. The Bertz CT molecular complexity index is 565. The van der Waals surface area contributed by atoms with Crippen molar-refractivity contribution in [3.63, 3.8) is 0 Å². The van der Waals surface area contributed by atoms with Crippen LogP contribution in [0.2, 0.25) is 0 Å². The van der Waals surface area contributed by atoms with Gasteiger partial charge >= 0.3 is 0 Å². The van der Waals surface area contributed by atoms with E-state index in [1.165, 1.54) is 11.3 Å². The van der Waals surface area contributed by atoms with Crippen molar-refractivity contribution in [2.75, 3.05) is 11.2 Å². The zero-order chi connectivity index (χ0) is 13.0. The summed E-state index contributed by atoms with van der Waals surface area (Å²) in [5.41, 5.74) is 10.1. The van der Waals surface area contributed by atoms with Crippen LogP contribution in [0.4, 0.5) is 10.9 Å². The molecule has 2 rings (SSSR count). The second-order valence-electron chi connectivity index (χ2n) is 3.69. The van der Waals surface area contributed by atoms with Gasteiger partial charge in [0.1, 0.15) is 11.6 Å². The largest absolute Gasteiger partial charge is 0.507 e. The molecule has 0 fully saturated rings. The molecule has 0 saturated heterocycles. The molecule has 0 amide bonds. The van der Waals surface area contributed by atoms with E-state index in [1.54, 1.807) is 17.7 Å². The third-order valence-electron chi connectivity index (χ3n) is 2.39. The molecular weight excluding hydrogens is 248 g/mol. The number of phenols is 1. The highest BCUT2D eigenvalue weighted by Gasteiger charge is 2.00. The lowest BCUT2D eigenvalue weighted by molar-refractivity contribution is 0.474. The Morgan fingerprint density at radius 3 is 3.06 bits per heavy atom. The van der Waals surface area contributed by atoms with E-state index in [4.69, 9.17) is 5.73 Å². The quantitative estimate of drug-likeness (QED) is 0.583. The molecule has 2 aromatic rings. The molecule has 0 bridgehead atoms. The zero-order valence-electron chi connectivity index (χ0n) is 9.92. The van der Waals surface area contributed by atoms with Gasteiger partial charge in [0.2, 0.25) is 5.13 Å². The SMILES string of the molecule is CCc1ccc(O)c(C=NNc2nc(N)cs2)c1. The van der Waals surface area contributed by atoms with E-state index in [0.717, 1.165) is 12.0 Å². The van der Waals surface area contributed by atoms with Crippen LogP contribution in [0, 0.1) is 0 Å². The summed E-state index contributed by atoms with van der Waals surface area (Å²) >= 11 is 1.37. The molecule has 4 N–H and O–H groups in total. The lowest BCUT2D eigenvalue weighted by Crippen LogP contribution is -1.92. The third kappa shape index (κ3) is 2.98. The first-order chi connectivity index (χ1) is 8.69. The lowest BCUT2D eigenvalue weighted by Gasteiger charge is -2.01. The van der Waals surface area contributed by atoms with Crippen LogP contribution in [0.1, 0.15) is 18.1 Å². The van der Waals surface area contributed by atoms with Crippen LogP contribution >= 0.6 is 11.3 Å². The van der Waals surface area contributed by atoms with Crippen LogP contribution in [-0.4, -0.2) is 16.3 Å². The second-order valence-corrected chi connectivity index (χ2v) is 4.55. The Kier molecular flexibility index (Phi) is 3.78. The molecular formula is C12H14N4OS. The number of aromatic nitrogens is 1. The maximum Gasteiger partial charge on any atom is 0.205 e. The van der Waals surface area contributed by atoms with Crippen molar-refractivity contribution < 1.29 is 5.11 Å². The number of hydrazone groups is 1. The minimum atomic E-state index is 0.205. The maximum absolute atomic E-state index is 9.68. The molecule has 0 atom stereocenters. The fourth-order valence-corrected chi connectivity index (χ4v) is 1.97. The Morgan fingerprint density at radius 1 is 1.56 bits per heavy atom. The number of benzene rings is 1. The van der Waals surface area contributed by atoms with Crippen LogP contribution in [0.15, 0.2) is 28.7 Å². The van der Waals surface area contributed by atoms with E-state index in [1.807, 2.05) is 12.1 Å². The van der Waals surface area contributed by atoms with Crippen molar-refractivity contribution in [2.45, 2.75) is 13.3 Å². The molecule has 0 unspecified atom stereocenters. The molecule has 1 aromatic heterocycles. The number of hydrogen-bond acceptors (Lipinski definition) is 6. The van der Waals surface area contributed by atoms with Crippen molar-refractivity contribution in [1.82, 2.24) is 4.98 Å². The Morgan fingerprint density at radius 2 is 2.39 bits per heavy atom. The molecule has 18 heavy (non-hydrogen) atoms. The maximum atomic E-state index is 9.68.